The van der Waals surface area contributed by atoms with Crippen LogP contribution in [0.4, 0.5) is 20.2 Å². The normalized spacial score (nSPS) is 17.0. The van der Waals surface area contributed by atoms with Crippen molar-refractivity contribution in [1.82, 2.24) is 10.2 Å². The average Bonchev–Trinajstić information content (AvgIpc) is 3.43. The summed E-state index contributed by atoms with van der Waals surface area (Å²) in [7, 11) is 0. The number of nitrogens with one attached hydrogen (secondary N) is 2. The van der Waals surface area contributed by atoms with Crippen LogP contribution in [0.1, 0.15) is 39.1 Å². The molecule has 1 fully saturated rings. The number of alkyl halides is 2. The van der Waals surface area contributed by atoms with E-state index in [2.05, 4.69) is 10.6 Å². The third-order valence-electron chi connectivity index (χ3n) is 8.34. The summed E-state index contributed by atoms with van der Waals surface area (Å²) in [6.07, 6.45) is 1.15. The van der Waals surface area contributed by atoms with Gasteiger partial charge < -0.3 is 20.4 Å². The number of benzene rings is 4. The van der Waals surface area contributed by atoms with Crippen molar-refractivity contribution in [1.29, 1.82) is 0 Å². The van der Waals surface area contributed by atoms with Gasteiger partial charge in [-0.3, -0.25) is 14.4 Å². The molecule has 0 atom stereocenters. The van der Waals surface area contributed by atoms with Crippen molar-refractivity contribution in [3.8, 4) is 11.1 Å². The SMILES string of the molecule is O=C(Nc1ccc(C(=O)N2CCC(F)(F)C(=CC(=O)N3CCCNCC3)c3ccccc32)cc1)c1ccccc1-c1ccccc1. The Bertz CT molecular complexity index is 1770. The molecule has 0 radical (unpaired) electrons. The lowest BCUT2D eigenvalue weighted by molar-refractivity contribution is -0.125. The van der Waals surface area contributed by atoms with E-state index in [1.807, 2.05) is 42.5 Å². The average molecular weight is 621 g/mol. The van der Waals surface area contributed by atoms with E-state index >= 15 is 8.78 Å². The minimum absolute atomic E-state index is 0.153. The molecule has 6 rings (SSSR count). The van der Waals surface area contributed by atoms with Crippen LogP contribution in [0, 0.1) is 0 Å². The van der Waals surface area contributed by atoms with E-state index in [0.717, 1.165) is 30.2 Å². The topological polar surface area (TPSA) is 81.8 Å². The summed E-state index contributed by atoms with van der Waals surface area (Å²) < 4.78 is 31.4. The zero-order valence-electron chi connectivity index (χ0n) is 25.2. The van der Waals surface area contributed by atoms with Crippen LogP contribution in [-0.2, 0) is 4.79 Å². The Labute approximate surface area is 266 Å². The Morgan fingerprint density at radius 1 is 0.761 bits per heavy atom. The molecule has 7 nitrogen and oxygen atoms in total. The van der Waals surface area contributed by atoms with Gasteiger partial charge in [0.1, 0.15) is 0 Å². The van der Waals surface area contributed by atoms with Gasteiger partial charge in [-0.15, -0.1) is 0 Å². The lowest BCUT2D eigenvalue weighted by Crippen LogP contribution is -2.34. The number of carbonyl (C=O) groups is 3. The third-order valence-corrected chi connectivity index (χ3v) is 8.34. The van der Waals surface area contributed by atoms with E-state index in [0.29, 0.717) is 36.6 Å². The highest BCUT2D eigenvalue weighted by Gasteiger charge is 2.41. The molecule has 1 saturated heterocycles. The first-order valence-corrected chi connectivity index (χ1v) is 15.4. The van der Waals surface area contributed by atoms with Crippen molar-refractivity contribution < 1.29 is 23.2 Å². The van der Waals surface area contributed by atoms with Crippen LogP contribution in [0.2, 0.25) is 0 Å². The Morgan fingerprint density at radius 3 is 2.24 bits per heavy atom. The van der Waals surface area contributed by atoms with Crippen molar-refractivity contribution in [2.24, 2.45) is 0 Å². The number of anilines is 2. The number of hydrogen-bond acceptors (Lipinski definition) is 4. The summed E-state index contributed by atoms with van der Waals surface area (Å²) >= 11 is 0. The maximum atomic E-state index is 15.7. The molecule has 0 saturated carbocycles. The van der Waals surface area contributed by atoms with Gasteiger partial charge in [0.25, 0.3) is 17.7 Å². The maximum absolute atomic E-state index is 15.7. The number of amides is 3. The number of fused-ring (bicyclic) bond motifs is 1. The summed E-state index contributed by atoms with van der Waals surface area (Å²) in [5.74, 6) is -4.54. The molecule has 4 aromatic carbocycles. The fourth-order valence-electron chi connectivity index (χ4n) is 5.92. The van der Waals surface area contributed by atoms with E-state index in [-0.39, 0.29) is 29.2 Å². The second-order valence-electron chi connectivity index (χ2n) is 11.4. The van der Waals surface area contributed by atoms with Crippen LogP contribution in [0.5, 0.6) is 0 Å². The van der Waals surface area contributed by atoms with Crippen LogP contribution < -0.4 is 15.5 Å². The van der Waals surface area contributed by atoms with E-state index < -0.39 is 24.2 Å². The summed E-state index contributed by atoms with van der Waals surface area (Å²) in [6.45, 7) is 2.07. The Hall–Kier alpha value is -5.15. The molecule has 0 aliphatic carbocycles. The maximum Gasteiger partial charge on any atom is 0.275 e. The van der Waals surface area contributed by atoms with Gasteiger partial charge >= 0.3 is 0 Å². The van der Waals surface area contributed by atoms with Crippen molar-refractivity contribution in [2.45, 2.75) is 18.8 Å². The minimum atomic E-state index is -3.32. The van der Waals surface area contributed by atoms with E-state index in [4.69, 9.17) is 0 Å². The molecule has 234 valence electrons. The Balaban J connectivity index is 1.23. The van der Waals surface area contributed by atoms with Gasteiger partial charge in [0.2, 0.25) is 5.91 Å². The molecule has 0 spiro atoms. The molecule has 3 amide bonds. The number of para-hydroxylation sites is 1. The molecule has 9 heteroatoms. The van der Waals surface area contributed by atoms with Crippen LogP contribution >= 0.6 is 0 Å². The van der Waals surface area contributed by atoms with E-state index in [1.165, 1.54) is 11.0 Å². The number of hydrogen-bond donors (Lipinski definition) is 2. The number of carbonyl (C=O) groups excluding carboxylic acids is 3. The van der Waals surface area contributed by atoms with Crippen LogP contribution in [0.15, 0.2) is 109 Å². The first-order chi connectivity index (χ1) is 22.3. The highest BCUT2D eigenvalue weighted by atomic mass is 19.3. The summed E-state index contributed by atoms with van der Waals surface area (Å²) in [4.78, 5) is 43.1. The zero-order chi connectivity index (χ0) is 32.1. The molecular formula is C37H34F2N4O3. The molecular weight excluding hydrogens is 586 g/mol. The number of halogens is 2. The van der Waals surface area contributed by atoms with Crippen molar-refractivity contribution in [2.75, 3.05) is 42.9 Å². The standard InChI is InChI=1S/C37H34F2N4O3/c38-37(39)19-23-43(33-14-7-6-13-31(33)32(37)25-34(44)42-22-8-20-40-21-24-42)36(46)27-15-17-28(18-16-27)41-35(45)30-12-5-4-11-29(30)26-9-2-1-3-10-26/h1-7,9-18,25,40H,8,19-24H2,(H,41,45). The summed E-state index contributed by atoms with van der Waals surface area (Å²) in [5.41, 5.74) is 3.07. The Morgan fingerprint density at radius 2 is 1.46 bits per heavy atom. The molecule has 0 bridgehead atoms. The van der Waals surface area contributed by atoms with Gasteiger partial charge in [-0.25, -0.2) is 8.78 Å². The zero-order valence-corrected chi connectivity index (χ0v) is 25.2. The number of rotatable bonds is 5. The summed E-state index contributed by atoms with van der Waals surface area (Å²) in [5, 5.41) is 6.11. The molecule has 2 aliphatic heterocycles. The monoisotopic (exact) mass is 620 g/mol. The van der Waals surface area contributed by atoms with Gasteiger partial charge in [-0.1, -0.05) is 66.7 Å². The third kappa shape index (κ3) is 6.60. The van der Waals surface area contributed by atoms with Gasteiger partial charge in [-0.2, -0.15) is 0 Å². The second-order valence-corrected chi connectivity index (χ2v) is 11.4. The first-order valence-electron chi connectivity index (χ1n) is 15.4. The lowest BCUT2D eigenvalue weighted by atomic mass is 9.96. The molecule has 0 unspecified atom stereocenters. The van der Waals surface area contributed by atoms with Crippen LogP contribution in [0.3, 0.4) is 0 Å². The van der Waals surface area contributed by atoms with Crippen molar-refractivity contribution in [3.63, 3.8) is 0 Å². The predicted molar refractivity (Wildman–Crippen MR) is 176 cm³/mol. The van der Waals surface area contributed by atoms with Crippen LogP contribution in [0.25, 0.3) is 16.7 Å². The molecule has 4 aromatic rings. The smallest absolute Gasteiger partial charge is 0.275 e. The Kier molecular flexibility index (Phi) is 9.03. The fraction of sp³-hybridized carbons (Fsp3) is 0.216. The van der Waals surface area contributed by atoms with Gasteiger partial charge in [0.05, 0.1) is 5.69 Å². The van der Waals surface area contributed by atoms with E-state index in [1.54, 1.807) is 59.5 Å². The van der Waals surface area contributed by atoms with Crippen LogP contribution in [-0.4, -0.2) is 61.3 Å². The molecule has 2 aliphatic rings. The second kappa shape index (κ2) is 13.5. The molecule has 46 heavy (non-hydrogen) atoms. The first kappa shape index (κ1) is 30.9. The predicted octanol–water partition coefficient (Wildman–Crippen LogP) is 6.50. The van der Waals surface area contributed by atoms with Gasteiger partial charge in [0.15, 0.2) is 0 Å². The van der Waals surface area contributed by atoms with Gasteiger partial charge in [0, 0.05) is 66.6 Å². The minimum Gasteiger partial charge on any atom is -0.338 e. The van der Waals surface area contributed by atoms with Crippen molar-refractivity contribution in [3.05, 3.63) is 126 Å². The lowest BCUT2D eigenvalue weighted by Gasteiger charge is -2.23. The largest absolute Gasteiger partial charge is 0.338 e. The molecule has 2 N–H and O–H groups in total. The highest BCUT2D eigenvalue weighted by molar-refractivity contribution is 6.11. The van der Waals surface area contributed by atoms with E-state index in [9.17, 15) is 14.4 Å². The number of nitrogens with zero attached hydrogens (tertiary/aromatic N) is 2. The van der Waals surface area contributed by atoms with Crippen molar-refractivity contribution >= 4 is 34.7 Å². The van der Waals surface area contributed by atoms with Gasteiger partial charge in [-0.05, 0) is 60.5 Å². The number of allylic oxidation sites excluding steroid dienone is 1. The molecule has 0 aromatic heterocycles. The highest BCUT2D eigenvalue weighted by Crippen LogP contribution is 2.43. The quantitative estimate of drug-likeness (QED) is 0.250. The molecule has 2 heterocycles. The summed E-state index contributed by atoms with van der Waals surface area (Å²) in [6, 6.07) is 29.8. The fourth-order valence-corrected chi connectivity index (χ4v) is 5.92.